The molecule has 3 rings (SSSR count). The van der Waals surface area contributed by atoms with E-state index in [9.17, 15) is 8.78 Å². The van der Waals surface area contributed by atoms with Crippen molar-refractivity contribution in [1.82, 2.24) is 9.78 Å². The quantitative estimate of drug-likeness (QED) is 0.926. The number of nitrogens with two attached hydrogens (primary N) is 1. The number of nitrogens with zero attached hydrogens (tertiary/aromatic N) is 2. The molecule has 1 aliphatic rings. The summed E-state index contributed by atoms with van der Waals surface area (Å²) in [5.74, 6) is -0.655. The van der Waals surface area contributed by atoms with Crippen LogP contribution in [0.1, 0.15) is 24.5 Å². The Kier molecular flexibility index (Phi) is 3.63. The van der Waals surface area contributed by atoms with E-state index in [0.29, 0.717) is 30.2 Å². The zero-order chi connectivity index (χ0) is 15.0. The average Bonchev–Trinajstić information content (AvgIpc) is 2.76. The average molecular weight is 293 g/mol. The van der Waals surface area contributed by atoms with Crippen molar-refractivity contribution in [2.75, 3.05) is 18.9 Å². The number of hydrogen-bond acceptors (Lipinski definition) is 3. The summed E-state index contributed by atoms with van der Waals surface area (Å²) in [7, 11) is 1.73. The fraction of sp³-hybridized carbons (Fsp3) is 0.400. The molecule has 4 nitrogen and oxygen atoms in total. The van der Waals surface area contributed by atoms with Crippen molar-refractivity contribution >= 4 is 5.82 Å². The number of nitrogen functional groups attached to an aromatic ring is 1. The van der Waals surface area contributed by atoms with E-state index in [1.807, 2.05) is 0 Å². The van der Waals surface area contributed by atoms with Crippen LogP contribution in [-0.2, 0) is 11.8 Å². The van der Waals surface area contributed by atoms with Crippen LogP contribution in [0.4, 0.5) is 14.6 Å². The summed E-state index contributed by atoms with van der Waals surface area (Å²) in [5.41, 5.74) is 7.69. The van der Waals surface area contributed by atoms with Crippen LogP contribution in [0.3, 0.4) is 0 Å². The fourth-order valence-electron chi connectivity index (χ4n) is 2.78. The van der Waals surface area contributed by atoms with Gasteiger partial charge in [-0.25, -0.2) is 8.78 Å². The lowest BCUT2D eigenvalue weighted by atomic mass is 9.91. The Labute approximate surface area is 121 Å². The maximum atomic E-state index is 14.1. The van der Waals surface area contributed by atoms with E-state index in [2.05, 4.69) is 5.10 Å². The lowest BCUT2D eigenvalue weighted by Gasteiger charge is -2.21. The summed E-state index contributed by atoms with van der Waals surface area (Å²) in [6.07, 6.45) is 1.65. The van der Waals surface area contributed by atoms with Gasteiger partial charge in [-0.05, 0) is 25.0 Å². The number of rotatable bonds is 2. The molecule has 1 saturated heterocycles. The zero-order valence-corrected chi connectivity index (χ0v) is 11.8. The number of halogens is 2. The highest BCUT2D eigenvalue weighted by Gasteiger charge is 2.26. The normalized spacial score (nSPS) is 16.3. The molecule has 1 fully saturated rings. The predicted octanol–water partition coefficient (Wildman–Crippen LogP) is 2.84. The van der Waals surface area contributed by atoms with Crippen molar-refractivity contribution < 1.29 is 13.5 Å². The monoisotopic (exact) mass is 293 g/mol. The third-order valence-corrected chi connectivity index (χ3v) is 3.93. The molecular formula is C15H17F2N3O. The maximum absolute atomic E-state index is 14.1. The lowest BCUT2D eigenvalue weighted by molar-refractivity contribution is 0.0845. The number of anilines is 1. The number of hydrogen-bond donors (Lipinski definition) is 1. The Hall–Kier alpha value is -1.95. The summed E-state index contributed by atoms with van der Waals surface area (Å²) in [6.45, 7) is 1.32. The van der Waals surface area contributed by atoms with Crippen molar-refractivity contribution in [2.45, 2.75) is 18.8 Å². The summed E-state index contributed by atoms with van der Waals surface area (Å²) in [6, 6.07) is 3.52. The number of aromatic nitrogens is 2. The van der Waals surface area contributed by atoms with Gasteiger partial charge in [-0.3, -0.25) is 4.68 Å². The molecule has 0 bridgehead atoms. The maximum Gasteiger partial charge on any atom is 0.134 e. The smallest absolute Gasteiger partial charge is 0.134 e. The van der Waals surface area contributed by atoms with Crippen LogP contribution >= 0.6 is 0 Å². The van der Waals surface area contributed by atoms with Gasteiger partial charge in [0, 0.05) is 37.8 Å². The molecule has 21 heavy (non-hydrogen) atoms. The van der Waals surface area contributed by atoms with E-state index in [1.54, 1.807) is 11.7 Å². The van der Waals surface area contributed by atoms with E-state index in [4.69, 9.17) is 10.5 Å². The number of aryl methyl sites for hydroxylation is 1. The Morgan fingerprint density at radius 1 is 1.29 bits per heavy atom. The van der Waals surface area contributed by atoms with Gasteiger partial charge in [0.1, 0.15) is 17.5 Å². The van der Waals surface area contributed by atoms with Gasteiger partial charge in [-0.2, -0.15) is 5.10 Å². The lowest BCUT2D eigenvalue weighted by Crippen LogP contribution is -2.15. The summed E-state index contributed by atoms with van der Waals surface area (Å²) < 4.78 is 34.1. The zero-order valence-electron chi connectivity index (χ0n) is 11.8. The van der Waals surface area contributed by atoms with E-state index >= 15 is 0 Å². The third-order valence-electron chi connectivity index (χ3n) is 3.93. The second-order valence-electron chi connectivity index (χ2n) is 5.28. The van der Waals surface area contributed by atoms with Crippen LogP contribution in [0.15, 0.2) is 18.2 Å². The molecule has 2 aromatic rings. The van der Waals surface area contributed by atoms with Gasteiger partial charge in [-0.15, -0.1) is 0 Å². The first kappa shape index (κ1) is 14.0. The van der Waals surface area contributed by atoms with Crippen LogP contribution in [0, 0.1) is 11.6 Å². The standard InChI is InChI=1S/C15H17F2N3O/c1-20-15(18)13(11-3-2-10(16)8-12(11)17)14(19-20)9-4-6-21-7-5-9/h2-3,8-9H,4-7,18H2,1H3. The first-order valence-corrected chi connectivity index (χ1v) is 6.93. The van der Waals surface area contributed by atoms with Gasteiger partial charge in [-0.1, -0.05) is 0 Å². The molecule has 1 aromatic carbocycles. The Balaban J connectivity index is 2.12. The Morgan fingerprint density at radius 3 is 2.67 bits per heavy atom. The van der Waals surface area contributed by atoms with E-state index in [0.717, 1.165) is 24.6 Å². The second kappa shape index (κ2) is 5.44. The first-order chi connectivity index (χ1) is 10.1. The van der Waals surface area contributed by atoms with Crippen LogP contribution < -0.4 is 5.73 Å². The molecule has 1 aliphatic heterocycles. The molecule has 6 heteroatoms. The Bertz CT molecular complexity index is 663. The van der Waals surface area contributed by atoms with E-state index in [1.165, 1.54) is 12.1 Å². The molecule has 0 saturated carbocycles. The molecule has 0 atom stereocenters. The minimum atomic E-state index is -0.622. The summed E-state index contributed by atoms with van der Waals surface area (Å²) in [4.78, 5) is 0. The van der Waals surface area contributed by atoms with Crippen molar-refractivity contribution in [2.24, 2.45) is 7.05 Å². The molecule has 2 N–H and O–H groups in total. The molecule has 0 aliphatic carbocycles. The van der Waals surface area contributed by atoms with Gasteiger partial charge in [0.2, 0.25) is 0 Å². The van der Waals surface area contributed by atoms with Gasteiger partial charge in [0.25, 0.3) is 0 Å². The second-order valence-corrected chi connectivity index (χ2v) is 5.28. The van der Waals surface area contributed by atoms with E-state index in [-0.39, 0.29) is 5.92 Å². The van der Waals surface area contributed by atoms with Crippen LogP contribution in [0.5, 0.6) is 0 Å². The largest absolute Gasteiger partial charge is 0.383 e. The van der Waals surface area contributed by atoms with E-state index < -0.39 is 11.6 Å². The van der Waals surface area contributed by atoms with Gasteiger partial charge < -0.3 is 10.5 Å². The molecule has 0 spiro atoms. The highest BCUT2D eigenvalue weighted by molar-refractivity contribution is 5.77. The predicted molar refractivity (Wildman–Crippen MR) is 75.8 cm³/mol. The molecule has 0 unspecified atom stereocenters. The van der Waals surface area contributed by atoms with Gasteiger partial charge >= 0.3 is 0 Å². The fourth-order valence-corrected chi connectivity index (χ4v) is 2.78. The van der Waals surface area contributed by atoms with Crippen molar-refractivity contribution in [3.05, 3.63) is 35.5 Å². The molecule has 0 radical (unpaired) electrons. The minimum absolute atomic E-state index is 0.182. The molecule has 0 amide bonds. The number of ether oxygens (including phenoxy) is 1. The van der Waals surface area contributed by atoms with Crippen LogP contribution in [0.25, 0.3) is 11.1 Å². The summed E-state index contributed by atoms with van der Waals surface area (Å²) in [5, 5.41) is 4.45. The topological polar surface area (TPSA) is 53.1 Å². The third kappa shape index (κ3) is 2.51. The Morgan fingerprint density at radius 2 is 2.00 bits per heavy atom. The number of benzene rings is 1. The SMILES string of the molecule is Cn1nc(C2CCOCC2)c(-c2ccc(F)cc2F)c1N. The van der Waals surface area contributed by atoms with Crippen molar-refractivity contribution in [1.29, 1.82) is 0 Å². The highest BCUT2D eigenvalue weighted by Crippen LogP contribution is 2.38. The first-order valence-electron chi connectivity index (χ1n) is 6.93. The van der Waals surface area contributed by atoms with Crippen LogP contribution in [-0.4, -0.2) is 23.0 Å². The highest BCUT2D eigenvalue weighted by atomic mass is 19.1. The molecule has 1 aromatic heterocycles. The molecule has 2 heterocycles. The minimum Gasteiger partial charge on any atom is -0.383 e. The van der Waals surface area contributed by atoms with Gasteiger partial charge in [0.15, 0.2) is 0 Å². The van der Waals surface area contributed by atoms with Gasteiger partial charge in [0.05, 0.1) is 11.3 Å². The van der Waals surface area contributed by atoms with Crippen molar-refractivity contribution in [3.63, 3.8) is 0 Å². The summed E-state index contributed by atoms with van der Waals surface area (Å²) >= 11 is 0. The molecular weight excluding hydrogens is 276 g/mol. The van der Waals surface area contributed by atoms with Crippen molar-refractivity contribution in [3.8, 4) is 11.1 Å². The van der Waals surface area contributed by atoms with Crippen LogP contribution in [0.2, 0.25) is 0 Å². The molecule has 112 valence electrons.